The molecule has 0 fully saturated rings. The molecule has 0 bridgehead atoms. The van der Waals surface area contributed by atoms with Crippen LogP contribution in [0.5, 0.6) is 0 Å². The monoisotopic (exact) mass is 384 g/mol. The Labute approximate surface area is 162 Å². The number of rotatable bonds is 5. The maximum atomic E-state index is 12.5. The third kappa shape index (κ3) is 3.32. The van der Waals surface area contributed by atoms with Crippen LogP contribution in [0.1, 0.15) is 62.2 Å². The predicted molar refractivity (Wildman–Crippen MR) is 104 cm³/mol. The molecule has 10 nitrogen and oxygen atoms in total. The highest BCUT2D eigenvalue weighted by atomic mass is 16.5. The van der Waals surface area contributed by atoms with Crippen LogP contribution in [0.4, 0.5) is 11.5 Å². The average molecular weight is 384 g/mol. The Morgan fingerprint density at radius 1 is 1.29 bits per heavy atom. The van der Waals surface area contributed by atoms with E-state index in [9.17, 15) is 4.79 Å². The Kier molecular flexibility index (Phi) is 4.88. The zero-order valence-electron chi connectivity index (χ0n) is 16.9. The number of nitrogens with one attached hydrogen (secondary N) is 2. The lowest BCUT2D eigenvalue weighted by Crippen LogP contribution is -2.17. The number of hydrogen-bond donors (Lipinski definition) is 2. The van der Waals surface area contributed by atoms with E-state index in [4.69, 9.17) is 4.74 Å². The average Bonchev–Trinajstić information content (AvgIpc) is 3.27. The first-order valence-corrected chi connectivity index (χ1v) is 8.92. The summed E-state index contributed by atoms with van der Waals surface area (Å²) in [6.45, 7) is 15.5. The van der Waals surface area contributed by atoms with Crippen molar-refractivity contribution in [2.45, 2.75) is 47.0 Å². The van der Waals surface area contributed by atoms with Gasteiger partial charge in [-0.15, -0.1) is 20.4 Å². The number of carbonyl (C=O) groups excluding carboxylic acids is 1. The van der Waals surface area contributed by atoms with Crippen molar-refractivity contribution in [3.63, 3.8) is 0 Å². The van der Waals surface area contributed by atoms with Crippen LogP contribution in [-0.2, 0) is 10.2 Å². The number of aromatic nitrogens is 6. The zero-order chi connectivity index (χ0) is 20.6. The van der Waals surface area contributed by atoms with Gasteiger partial charge in [-0.1, -0.05) is 27.4 Å². The van der Waals surface area contributed by atoms with Gasteiger partial charge in [0.25, 0.3) is 0 Å². The minimum Gasteiger partial charge on any atom is -0.462 e. The van der Waals surface area contributed by atoms with Crippen LogP contribution in [0.15, 0.2) is 16.8 Å². The highest BCUT2D eigenvalue weighted by molar-refractivity contribution is 5.95. The molecule has 3 heterocycles. The van der Waals surface area contributed by atoms with Gasteiger partial charge in [-0.05, 0) is 26.3 Å². The first kappa shape index (κ1) is 19.5. The summed E-state index contributed by atoms with van der Waals surface area (Å²) in [7, 11) is 0. The van der Waals surface area contributed by atoms with Gasteiger partial charge in [0.2, 0.25) is 11.5 Å². The molecule has 3 aromatic heterocycles. The van der Waals surface area contributed by atoms with Crippen LogP contribution in [0.2, 0.25) is 0 Å². The van der Waals surface area contributed by atoms with Crippen molar-refractivity contribution in [3.8, 4) is 0 Å². The minimum absolute atomic E-state index is 0.159. The van der Waals surface area contributed by atoms with Crippen LogP contribution in [0.25, 0.3) is 11.2 Å². The molecule has 0 amide bonds. The summed E-state index contributed by atoms with van der Waals surface area (Å²) in [5.74, 6) is 0.348. The quantitative estimate of drug-likeness (QED) is 0.508. The Morgan fingerprint density at radius 3 is 2.61 bits per heavy atom. The fourth-order valence-corrected chi connectivity index (χ4v) is 2.76. The van der Waals surface area contributed by atoms with Crippen molar-refractivity contribution in [1.29, 1.82) is 0 Å². The molecule has 0 aromatic carbocycles. The number of allylic oxidation sites excluding steroid dienone is 1. The molecule has 0 aliphatic carbocycles. The number of aromatic amines is 2. The van der Waals surface area contributed by atoms with Gasteiger partial charge in [-0.3, -0.25) is 10.2 Å². The number of hydrogen-bond acceptors (Lipinski definition) is 7. The summed E-state index contributed by atoms with van der Waals surface area (Å²) in [6, 6.07) is 0. The Balaban J connectivity index is 2.12. The molecular weight excluding hydrogens is 360 g/mol. The van der Waals surface area contributed by atoms with E-state index in [0.717, 1.165) is 5.57 Å². The number of H-pyrrole nitrogens is 2. The third-order valence-corrected chi connectivity index (χ3v) is 4.15. The van der Waals surface area contributed by atoms with E-state index in [1.807, 2.05) is 34.6 Å². The smallest absolute Gasteiger partial charge is 0.344 e. The lowest BCUT2D eigenvalue weighted by Gasteiger charge is -2.17. The first-order chi connectivity index (χ1) is 13.1. The van der Waals surface area contributed by atoms with Crippen LogP contribution in [0, 0.1) is 6.92 Å². The molecule has 0 saturated heterocycles. The third-order valence-electron chi connectivity index (χ3n) is 4.15. The predicted octanol–water partition coefficient (Wildman–Crippen LogP) is 4.01. The molecule has 0 saturated carbocycles. The first-order valence-electron chi connectivity index (χ1n) is 8.92. The minimum atomic E-state index is -0.493. The summed E-state index contributed by atoms with van der Waals surface area (Å²) < 4.78 is 6.89. The molecule has 0 radical (unpaired) electrons. The molecular formula is C18H24N8O2. The molecule has 10 heteroatoms. The van der Waals surface area contributed by atoms with Crippen LogP contribution < -0.4 is 0 Å². The van der Waals surface area contributed by atoms with Crippen molar-refractivity contribution in [3.05, 3.63) is 29.4 Å². The van der Waals surface area contributed by atoms with Gasteiger partial charge in [0, 0.05) is 5.41 Å². The number of aryl methyl sites for hydroxylation is 1. The second-order valence-corrected chi connectivity index (χ2v) is 7.49. The van der Waals surface area contributed by atoms with Crippen molar-refractivity contribution in [2.24, 2.45) is 10.2 Å². The lowest BCUT2D eigenvalue weighted by atomic mass is 9.89. The number of fused-ring (bicyclic) bond motifs is 1. The van der Waals surface area contributed by atoms with Gasteiger partial charge >= 0.3 is 5.97 Å². The maximum Gasteiger partial charge on any atom is 0.344 e. The topological polar surface area (TPSA) is 126 Å². The van der Waals surface area contributed by atoms with E-state index in [-0.39, 0.29) is 23.4 Å². The lowest BCUT2D eigenvalue weighted by molar-refractivity contribution is 0.0524. The van der Waals surface area contributed by atoms with Crippen molar-refractivity contribution in [2.75, 3.05) is 6.61 Å². The van der Waals surface area contributed by atoms with E-state index in [1.54, 1.807) is 11.4 Å². The fraction of sp³-hybridized carbons (Fsp3) is 0.444. The molecule has 3 rings (SSSR count). The Morgan fingerprint density at radius 2 is 2.00 bits per heavy atom. The zero-order valence-corrected chi connectivity index (χ0v) is 16.9. The van der Waals surface area contributed by atoms with E-state index in [0.29, 0.717) is 28.5 Å². The number of carbonyl (C=O) groups is 1. The van der Waals surface area contributed by atoms with Gasteiger partial charge in [0.1, 0.15) is 11.4 Å². The molecule has 148 valence electrons. The van der Waals surface area contributed by atoms with Crippen LogP contribution in [0.3, 0.4) is 0 Å². The van der Waals surface area contributed by atoms with Gasteiger partial charge in [-0.2, -0.15) is 5.10 Å². The standard InChI is InChI=1S/C18H24N8O2/c1-8-28-17(27)11-14(18(5,6)7)21-23-15(11)22-20-13-12(9(2)3)25-26-10(4)19-24-16(13)26/h25H,2,8H2,1,3-7H3,(H,21,23). The second kappa shape index (κ2) is 7.02. The largest absolute Gasteiger partial charge is 0.462 e. The van der Waals surface area contributed by atoms with Crippen molar-refractivity contribution >= 4 is 28.7 Å². The SMILES string of the molecule is C=C(C)c1[nH]n2c(C)nnc2c1N=Nc1n[nH]c(C(C)(C)C)c1C(=O)OCC. The normalized spacial score (nSPS) is 12.2. The maximum absolute atomic E-state index is 12.5. The molecule has 0 spiro atoms. The molecule has 2 N–H and O–H groups in total. The molecule has 0 aliphatic rings. The van der Waals surface area contributed by atoms with Gasteiger partial charge in [-0.25, -0.2) is 9.31 Å². The van der Waals surface area contributed by atoms with Gasteiger partial charge in [0.05, 0.1) is 18.0 Å². The molecule has 3 aromatic rings. The van der Waals surface area contributed by atoms with E-state index >= 15 is 0 Å². The Hall–Kier alpha value is -3.30. The van der Waals surface area contributed by atoms with Crippen molar-refractivity contribution < 1.29 is 9.53 Å². The van der Waals surface area contributed by atoms with E-state index in [1.165, 1.54) is 0 Å². The summed E-state index contributed by atoms with van der Waals surface area (Å²) in [5, 5.41) is 26.9. The van der Waals surface area contributed by atoms with Crippen LogP contribution >= 0.6 is 0 Å². The van der Waals surface area contributed by atoms with Gasteiger partial charge < -0.3 is 4.74 Å². The molecule has 0 atom stereocenters. The molecule has 0 aliphatic heterocycles. The summed E-state index contributed by atoms with van der Waals surface area (Å²) in [5.41, 5.74) is 3.00. The number of nitrogens with zero attached hydrogens (tertiary/aromatic N) is 6. The molecule has 0 unspecified atom stereocenters. The van der Waals surface area contributed by atoms with E-state index in [2.05, 4.69) is 42.3 Å². The summed E-state index contributed by atoms with van der Waals surface area (Å²) >= 11 is 0. The number of esters is 1. The molecule has 28 heavy (non-hydrogen) atoms. The highest BCUT2D eigenvalue weighted by Crippen LogP contribution is 2.34. The summed E-state index contributed by atoms with van der Waals surface area (Å²) in [6.07, 6.45) is 0. The second-order valence-electron chi connectivity index (χ2n) is 7.49. The Bertz CT molecular complexity index is 1080. The van der Waals surface area contributed by atoms with Crippen molar-refractivity contribution in [1.82, 2.24) is 30.0 Å². The number of azo groups is 1. The van der Waals surface area contributed by atoms with E-state index < -0.39 is 5.97 Å². The van der Waals surface area contributed by atoms with Gasteiger partial charge in [0.15, 0.2) is 5.69 Å². The summed E-state index contributed by atoms with van der Waals surface area (Å²) in [4.78, 5) is 12.5. The number of ether oxygens (including phenoxy) is 1. The van der Waals surface area contributed by atoms with Crippen LogP contribution in [-0.4, -0.2) is 42.6 Å². The highest BCUT2D eigenvalue weighted by Gasteiger charge is 2.29. The fourth-order valence-electron chi connectivity index (χ4n) is 2.76.